The van der Waals surface area contributed by atoms with Crippen LogP contribution in [-0.4, -0.2) is 14.9 Å². The summed E-state index contributed by atoms with van der Waals surface area (Å²) in [7, 11) is -1.19. The fourth-order valence-electron chi connectivity index (χ4n) is 2.11. The van der Waals surface area contributed by atoms with E-state index in [1.54, 1.807) is 0 Å². The van der Waals surface area contributed by atoms with E-state index < -0.39 is 8.32 Å². The minimum Gasteiger partial charge on any atom is -0.417 e. The molecule has 0 aliphatic carbocycles. The van der Waals surface area contributed by atoms with Gasteiger partial charge in [0.2, 0.25) is 0 Å². The van der Waals surface area contributed by atoms with Gasteiger partial charge in [-0.2, -0.15) is 0 Å². The fourth-order valence-corrected chi connectivity index (χ4v) is 5.29. The molecule has 0 radical (unpaired) electrons. The highest BCUT2D eigenvalue weighted by Gasteiger charge is 2.30. The van der Waals surface area contributed by atoms with Crippen LogP contribution in [0.2, 0.25) is 18.6 Å². The average molecular weight is 200 g/mol. The smallest absolute Gasteiger partial charge is 0.189 e. The van der Waals surface area contributed by atoms with Crippen LogP contribution >= 0.6 is 0 Å². The third kappa shape index (κ3) is 4.27. The number of rotatable bonds is 5. The Bertz CT molecular complexity index is 130. The number of unbranched alkanes of at least 4 members (excludes halogenated alkanes) is 2. The lowest BCUT2D eigenvalue weighted by atomic mass is 10.3. The molecular weight excluding hydrogens is 176 g/mol. The first-order chi connectivity index (χ1) is 6.27. The lowest BCUT2D eigenvalue weighted by Crippen LogP contribution is -2.36. The van der Waals surface area contributed by atoms with Crippen LogP contribution in [0.25, 0.3) is 0 Å². The molecule has 0 atom stereocenters. The Kier molecular flexibility index (Phi) is 5.03. The SMILES string of the molecule is CCCCCO[Si]1(C)CCCCC1. The van der Waals surface area contributed by atoms with Gasteiger partial charge in [0.1, 0.15) is 0 Å². The first kappa shape index (κ1) is 11.3. The predicted molar refractivity (Wildman–Crippen MR) is 60.6 cm³/mol. The topological polar surface area (TPSA) is 9.23 Å². The zero-order valence-corrected chi connectivity index (χ0v) is 10.3. The van der Waals surface area contributed by atoms with Gasteiger partial charge in [-0.05, 0) is 25.1 Å². The Labute approximate surface area is 84.0 Å². The van der Waals surface area contributed by atoms with E-state index in [0.717, 1.165) is 6.61 Å². The van der Waals surface area contributed by atoms with Crippen LogP contribution in [-0.2, 0) is 4.43 Å². The molecule has 78 valence electrons. The molecule has 0 N–H and O–H groups in total. The van der Waals surface area contributed by atoms with E-state index in [0.29, 0.717) is 0 Å². The third-order valence-corrected chi connectivity index (χ3v) is 6.83. The second-order valence-corrected chi connectivity index (χ2v) is 8.75. The van der Waals surface area contributed by atoms with Gasteiger partial charge < -0.3 is 4.43 Å². The lowest BCUT2D eigenvalue weighted by molar-refractivity contribution is 0.285. The van der Waals surface area contributed by atoms with Crippen molar-refractivity contribution in [3.05, 3.63) is 0 Å². The van der Waals surface area contributed by atoms with Crippen LogP contribution in [0, 0.1) is 0 Å². The maximum atomic E-state index is 6.11. The van der Waals surface area contributed by atoms with Crippen molar-refractivity contribution in [3.8, 4) is 0 Å². The first-order valence-electron chi connectivity index (χ1n) is 5.91. The zero-order valence-electron chi connectivity index (χ0n) is 9.27. The van der Waals surface area contributed by atoms with Crippen molar-refractivity contribution in [1.29, 1.82) is 0 Å². The normalized spacial score (nSPS) is 21.7. The summed E-state index contributed by atoms with van der Waals surface area (Å²) in [4.78, 5) is 0. The molecule has 13 heavy (non-hydrogen) atoms. The van der Waals surface area contributed by atoms with Gasteiger partial charge in [-0.1, -0.05) is 39.0 Å². The van der Waals surface area contributed by atoms with Gasteiger partial charge in [0.15, 0.2) is 8.32 Å². The second-order valence-electron chi connectivity index (χ2n) is 4.57. The molecule has 2 heteroatoms. The Morgan fingerprint density at radius 2 is 1.77 bits per heavy atom. The second kappa shape index (κ2) is 5.81. The maximum absolute atomic E-state index is 6.11. The average Bonchev–Trinajstić information content (AvgIpc) is 2.14. The van der Waals surface area contributed by atoms with Gasteiger partial charge in [-0.3, -0.25) is 0 Å². The van der Waals surface area contributed by atoms with E-state index in [1.807, 2.05) is 0 Å². The van der Waals surface area contributed by atoms with Crippen LogP contribution < -0.4 is 0 Å². The molecule has 1 rings (SSSR count). The van der Waals surface area contributed by atoms with Gasteiger partial charge in [0.25, 0.3) is 0 Å². The predicted octanol–water partition coefficient (Wildman–Crippen LogP) is 3.95. The number of hydrogen-bond acceptors (Lipinski definition) is 1. The van der Waals surface area contributed by atoms with Crippen LogP contribution in [0.15, 0.2) is 0 Å². The van der Waals surface area contributed by atoms with Crippen molar-refractivity contribution in [1.82, 2.24) is 0 Å². The van der Waals surface area contributed by atoms with Crippen LogP contribution in [0.1, 0.15) is 45.4 Å². The summed E-state index contributed by atoms with van der Waals surface area (Å²) in [5.74, 6) is 0. The summed E-state index contributed by atoms with van der Waals surface area (Å²) in [6, 6.07) is 2.83. The number of hydrogen-bond donors (Lipinski definition) is 0. The van der Waals surface area contributed by atoms with Crippen LogP contribution in [0.4, 0.5) is 0 Å². The fraction of sp³-hybridized carbons (Fsp3) is 1.00. The molecule has 0 aromatic heterocycles. The maximum Gasteiger partial charge on any atom is 0.189 e. The summed E-state index contributed by atoms with van der Waals surface area (Å²) in [5, 5.41) is 0. The van der Waals surface area contributed by atoms with E-state index in [-0.39, 0.29) is 0 Å². The molecule has 1 aliphatic heterocycles. The van der Waals surface area contributed by atoms with E-state index in [9.17, 15) is 0 Å². The molecule has 0 saturated carbocycles. The van der Waals surface area contributed by atoms with E-state index in [1.165, 1.54) is 50.6 Å². The summed E-state index contributed by atoms with van der Waals surface area (Å²) < 4.78 is 6.11. The highest BCUT2D eigenvalue weighted by Crippen LogP contribution is 2.29. The van der Waals surface area contributed by atoms with Gasteiger partial charge in [0, 0.05) is 6.61 Å². The molecule has 1 saturated heterocycles. The molecule has 1 aliphatic rings. The molecule has 0 spiro atoms. The first-order valence-corrected chi connectivity index (χ1v) is 8.73. The van der Waals surface area contributed by atoms with Crippen molar-refractivity contribution in [2.75, 3.05) is 6.61 Å². The molecule has 0 aromatic carbocycles. The van der Waals surface area contributed by atoms with Crippen molar-refractivity contribution in [2.45, 2.75) is 64.1 Å². The van der Waals surface area contributed by atoms with Gasteiger partial charge in [-0.25, -0.2) is 0 Å². The minimum absolute atomic E-state index is 1.04. The molecular formula is C11H24OSi. The summed E-state index contributed by atoms with van der Waals surface area (Å²) in [6.07, 6.45) is 8.22. The van der Waals surface area contributed by atoms with Crippen molar-refractivity contribution < 1.29 is 4.43 Å². The van der Waals surface area contributed by atoms with Gasteiger partial charge in [0.05, 0.1) is 0 Å². The Morgan fingerprint density at radius 1 is 1.08 bits per heavy atom. The molecule has 0 bridgehead atoms. The Hall–Kier alpha value is 0.177. The standard InChI is InChI=1S/C11H24OSi/c1-3-4-6-9-12-13(2)10-7-5-8-11-13/h3-11H2,1-2H3. The molecule has 0 amide bonds. The third-order valence-electron chi connectivity index (χ3n) is 3.11. The molecule has 0 aromatic rings. The van der Waals surface area contributed by atoms with E-state index in [2.05, 4.69) is 13.5 Å². The van der Waals surface area contributed by atoms with Gasteiger partial charge in [-0.15, -0.1) is 0 Å². The van der Waals surface area contributed by atoms with Gasteiger partial charge >= 0.3 is 0 Å². The lowest BCUT2D eigenvalue weighted by Gasteiger charge is -2.31. The quantitative estimate of drug-likeness (QED) is 0.482. The van der Waals surface area contributed by atoms with E-state index in [4.69, 9.17) is 4.43 Å². The van der Waals surface area contributed by atoms with Crippen LogP contribution in [0.3, 0.4) is 0 Å². The van der Waals surface area contributed by atoms with E-state index >= 15 is 0 Å². The van der Waals surface area contributed by atoms with Crippen LogP contribution in [0.5, 0.6) is 0 Å². The van der Waals surface area contributed by atoms with Crippen molar-refractivity contribution >= 4 is 8.32 Å². The molecule has 0 unspecified atom stereocenters. The molecule has 1 fully saturated rings. The monoisotopic (exact) mass is 200 g/mol. The summed E-state index contributed by atoms with van der Waals surface area (Å²) in [6.45, 7) is 5.72. The highest BCUT2D eigenvalue weighted by atomic mass is 28.4. The largest absolute Gasteiger partial charge is 0.417 e. The minimum atomic E-state index is -1.19. The Morgan fingerprint density at radius 3 is 2.38 bits per heavy atom. The molecule has 1 heterocycles. The van der Waals surface area contributed by atoms with Crippen molar-refractivity contribution in [2.24, 2.45) is 0 Å². The summed E-state index contributed by atoms with van der Waals surface area (Å²) in [5.41, 5.74) is 0. The van der Waals surface area contributed by atoms with Crippen molar-refractivity contribution in [3.63, 3.8) is 0 Å². The summed E-state index contributed by atoms with van der Waals surface area (Å²) >= 11 is 0. The molecule has 1 nitrogen and oxygen atoms in total. The highest BCUT2D eigenvalue weighted by molar-refractivity contribution is 6.72. The zero-order chi connectivity index (χ0) is 9.57. The Balaban J connectivity index is 2.10.